The number of hydrogen-bond donors (Lipinski definition) is 5. The molecule has 0 aromatic heterocycles. The summed E-state index contributed by atoms with van der Waals surface area (Å²) < 4.78 is 10.9. The van der Waals surface area contributed by atoms with E-state index in [2.05, 4.69) is 5.09 Å². The first-order chi connectivity index (χ1) is 5.63. The number of hydrogen-bond acceptors (Lipinski definition) is 5. The van der Waals surface area contributed by atoms with E-state index in [4.69, 9.17) is 20.4 Å². The second-order valence-electron chi connectivity index (χ2n) is 2.21. The number of nitrogens with one attached hydrogen (secondary N) is 1. The molecule has 0 bridgehead atoms. The van der Waals surface area contributed by atoms with Gasteiger partial charge in [-0.3, -0.25) is 5.09 Å². The molecule has 5 N–H and O–H groups in total. The van der Waals surface area contributed by atoms with Crippen molar-refractivity contribution in [1.82, 2.24) is 5.09 Å². The zero-order valence-corrected chi connectivity index (χ0v) is 7.47. The third kappa shape index (κ3) is 4.15. The van der Waals surface area contributed by atoms with Crippen LogP contribution >= 0.6 is 7.95 Å². The molecule has 0 saturated heterocycles. The van der Waals surface area contributed by atoms with Gasteiger partial charge in [0.1, 0.15) is 11.9 Å². The minimum atomic E-state index is -2.56. The van der Waals surface area contributed by atoms with Gasteiger partial charge < -0.3 is 25.0 Å². The van der Waals surface area contributed by atoms with E-state index in [-0.39, 0.29) is 13.2 Å². The smallest absolute Gasteiger partial charge is 0.166 e. The van der Waals surface area contributed by atoms with Crippen molar-refractivity contribution in [2.75, 3.05) is 19.8 Å². The molecule has 0 spiro atoms. The van der Waals surface area contributed by atoms with Crippen LogP contribution < -0.4 is 5.09 Å². The van der Waals surface area contributed by atoms with E-state index in [0.717, 1.165) is 0 Å². The standard InChI is InChI=1S/C5H14NO5P/c7-2-1-6-12(11)5(10)4(9)3-8/h4-5,7-10,12H,1-3H2,(H,6,11). The molecule has 0 rings (SSSR count). The molecular formula is C5H14NO5P. The predicted octanol–water partition coefficient (Wildman–Crippen LogP) is -2.29. The molecule has 0 aliphatic rings. The number of aliphatic hydroxyl groups excluding tert-OH is 4. The SMILES string of the molecule is O=[PH](NCCO)C(O)C(O)CO. The second kappa shape index (κ2) is 6.54. The Hall–Kier alpha value is 0.0300. The van der Waals surface area contributed by atoms with Crippen molar-refractivity contribution < 1.29 is 25.0 Å². The largest absolute Gasteiger partial charge is 0.395 e. The van der Waals surface area contributed by atoms with Crippen LogP contribution in [0.3, 0.4) is 0 Å². The molecule has 0 saturated carbocycles. The molecule has 7 heteroatoms. The average Bonchev–Trinajstić information content (AvgIpc) is 2.11. The lowest BCUT2D eigenvalue weighted by molar-refractivity contribution is 0.0240. The normalized spacial score (nSPS) is 18.7. The summed E-state index contributed by atoms with van der Waals surface area (Å²) in [4.78, 5) is 0. The van der Waals surface area contributed by atoms with Crippen LogP contribution in [-0.2, 0) is 4.57 Å². The Morgan fingerprint density at radius 3 is 2.33 bits per heavy atom. The summed E-state index contributed by atoms with van der Waals surface area (Å²) in [5.74, 6) is -1.47. The molecule has 0 aliphatic heterocycles. The Morgan fingerprint density at radius 2 is 1.92 bits per heavy atom. The van der Waals surface area contributed by atoms with Gasteiger partial charge in [0.25, 0.3) is 0 Å². The lowest BCUT2D eigenvalue weighted by Crippen LogP contribution is -2.29. The maximum Gasteiger partial charge on any atom is 0.166 e. The first-order valence-corrected chi connectivity index (χ1v) is 4.97. The fraction of sp³-hybridized carbons (Fsp3) is 1.00. The molecule has 0 aromatic rings. The van der Waals surface area contributed by atoms with E-state index in [1.807, 2.05) is 0 Å². The van der Waals surface area contributed by atoms with Gasteiger partial charge in [-0.1, -0.05) is 0 Å². The minimum absolute atomic E-state index is 0.0903. The molecule has 0 aromatic carbocycles. The highest BCUT2D eigenvalue weighted by Crippen LogP contribution is 2.22. The second-order valence-corrected chi connectivity index (χ2v) is 3.88. The van der Waals surface area contributed by atoms with Gasteiger partial charge in [-0.25, -0.2) is 0 Å². The van der Waals surface area contributed by atoms with E-state index >= 15 is 0 Å². The van der Waals surface area contributed by atoms with Gasteiger partial charge >= 0.3 is 0 Å². The molecule has 12 heavy (non-hydrogen) atoms. The van der Waals surface area contributed by atoms with E-state index in [1.165, 1.54) is 0 Å². The highest BCUT2D eigenvalue weighted by Gasteiger charge is 2.20. The monoisotopic (exact) mass is 199 g/mol. The van der Waals surface area contributed by atoms with Gasteiger partial charge in [0.2, 0.25) is 0 Å². The third-order valence-electron chi connectivity index (χ3n) is 1.23. The van der Waals surface area contributed by atoms with Gasteiger partial charge in [-0.2, -0.15) is 0 Å². The van der Waals surface area contributed by atoms with Crippen LogP contribution in [0.5, 0.6) is 0 Å². The lowest BCUT2D eigenvalue weighted by atomic mass is 10.4. The molecule has 0 radical (unpaired) electrons. The molecule has 3 atom stereocenters. The van der Waals surface area contributed by atoms with E-state index < -0.39 is 26.5 Å². The first-order valence-electron chi connectivity index (χ1n) is 3.49. The van der Waals surface area contributed by atoms with E-state index in [9.17, 15) is 4.57 Å². The highest BCUT2D eigenvalue weighted by atomic mass is 31.1. The summed E-state index contributed by atoms with van der Waals surface area (Å²) >= 11 is 0. The predicted molar refractivity (Wildman–Crippen MR) is 43.2 cm³/mol. The number of rotatable bonds is 6. The molecular weight excluding hydrogens is 185 g/mol. The van der Waals surface area contributed by atoms with Crippen LogP contribution in [-0.4, -0.2) is 52.1 Å². The van der Waals surface area contributed by atoms with Crippen LogP contribution in [0, 0.1) is 0 Å². The van der Waals surface area contributed by atoms with Crippen molar-refractivity contribution in [3.8, 4) is 0 Å². The molecule has 74 valence electrons. The fourth-order valence-electron chi connectivity index (χ4n) is 0.558. The van der Waals surface area contributed by atoms with Gasteiger partial charge in [-0.05, 0) is 0 Å². The molecule has 6 nitrogen and oxygen atoms in total. The van der Waals surface area contributed by atoms with Crippen molar-refractivity contribution in [3.05, 3.63) is 0 Å². The molecule has 0 amide bonds. The van der Waals surface area contributed by atoms with Gasteiger partial charge in [0.05, 0.1) is 13.2 Å². The molecule has 3 unspecified atom stereocenters. The van der Waals surface area contributed by atoms with Crippen LogP contribution in [0.2, 0.25) is 0 Å². The minimum Gasteiger partial charge on any atom is -0.395 e. The van der Waals surface area contributed by atoms with Gasteiger partial charge in [0.15, 0.2) is 7.95 Å². The fourth-order valence-corrected chi connectivity index (χ4v) is 1.58. The van der Waals surface area contributed by atoms with Crippen molar-refractivity contribution >= 4 is 7.95 Å². The quantitative estimate of drug-likeness (QED) is 0.308. The Morgan fingerprint density at radius 1 is 1.33 bits per heavy atom. The summed E-state index contributed by atoms with van der Waals surface area (Å²) in [5.41, 5.74) is 0. The number of aliphatic hydroxyl groups is 4. The maximum atomic E-state index is 10.9. The summed E-state index contributed by atoms with van der Waals surface area (Å²) in [7, 11) is -2.56. The summed E-state index contributed by atoms with van der Waals surface area (Å²) in [5, 5.41) is 36.8. The van der Waals surface area contributed by atoms with Gasteiger partial charge in [-0.15, -0.1) is 0 Å². The highest BCUT2D eigenvalue weighted by molar-refractivity contribution is 7.43. The Labute approximate surface area is 70.7 Å². The first kappa shape index (κ1) is 12.0. The lowest BCUT2D eigenvalue weighted by Gasteiger charge is -2.15. The zero-order chi connectivity index (χ0) is 9.56. The van der Waals surface area contributed by atoms with Crippen LogP contribution in [0.4, 0.5) is 0 Å². The Bertz CT molecular complexity index is 144. The zero-order valence-electron chi connectivity index (χ0n) is 6.47. The van der Waals surface area contributed by atoms with Crippen LogP contribution in [0.1, 0.15) is 0 Å². The molecule has 0 heterocycles. The van der Waals surface area contributed by atoms with Crippen molar-refractivity contribution in [3.63, 3.8) is 0 Å². The summed E-state index contributed by atoms with van der Waals surface area (Å²) in [6.07, 6.45) is -1.40. The summed E-state index contributed by atoms with van der Waals surface area (Å²) in [6, 6.07) is 0. The molecule has 0 fully saturated rings. The Balaban J connectivity index is 3.75. The average molecular weight is 199 g/mol. The van der Waals surface area contributed by atoms with Crippen molar-refractivity contribution in [1.29, 1.82) is 0 Å². The van der Waals surface area contributed by atoms with Crippen LogP contribution in [0.15, 0.2) is 0 Å². The maximum absolute atomic E-state index is 10.9. The van der Waals surface area contributed by atoms with Crippen molar-refractivity contribution in [2.24, 2.45) is 0 Å². The third-order valence-corrected chi connectivity index (χ3v) is 2.75. The van der Waals surface area contributed by atoms with E-state index in [1.54, 1.807) is 0 Å². The van der Waals surface area contributed by atoms with Gasteiger partial charge in [0, 0.05) is 6.54 Å². The van der Waals surface area contributed by atoms with Crippen molar-refractivity contribution in [2.45, 2.75) is 11.9 Å². The van der Waals surface area contributed by atoms with Crippen LogP contribution in [0.25, 0.3) is 0 Å². The van der Waals surface area contributed by atoms with E-state index in [0.29, 0.717) is 0 Å². The topological polar surface area (TPSA) is 110 Å². The summed E-state index contributed by atoms with van der Waals surface area (Å²) in [6.45, 7) is -0.746. The Kier molecular flexibility index (Phi) is 6.55. The molecule has 0 aliphatic carbocycles.